The van der Waals surface area contributed by atoms with Crippen molar-refractivity contribution in [3.63, 3.8) is 0 Å². The lowest BCUT2D eigenvalue weighted by Crippen LogP contribution is -2.59. The number of alkyl halides is 1. The topological polar surface area (TPSA) is 156 Å². The van der Waals surface area contributed by atoms with Gasteiger partial charge in [-0.1, -0.05) is 28.5 Å². The van der Waals surface area contributed by atoms with Gasteiger partial charge in [0.15, 0.2) is 6.04 Å². The van der Waals surface area contributed by atoms with Crippen LogP contribution in [-0.4, -0.2) is 71.9 Å². The van der Waals surface area contributed by atoms with Gasteiger partial charge < -0.3 is 18.9 Å². The third-order valence-electron chi connectivity index (χ3n) is 4.26. The summed E-state index contributed by atoms with van der Waals surface area (Å²) in [6, 6.07) is 0.103. The standard InChI is InChI=1S/C17H20ClN5O6S/c1-9(24)27-8-11-14(28-10(2)25)13(22-23-20)15(26-3)16(29-11)30-17(18)5-4-6-21-12(17)7-19/h4-6,11-16H,8H2,1-3H3/t11-,12?,13+,14+,15-,16-,17?/m1/s1. The van der Waals surface area contributed by atoms with Gasteiger partial charge in [0.25, 0.3) is 0 Å². The minimum Gasteiger partial charge on any atom is -0.463 e. The van der Waals surface area contributed by atoms with Crippen LogP contribution in [0.4, 0.5) is 0 Å². The normalized spacial score (nSPS) is 35.0. The van der Waals surface area contributed by atoms with Crippen LogP contribution in [0.2, 0.25) is 0 Å². The number of dihydropyridines is 1. The number of carbonyl (C=O) groups excluding carboxylic acids is 2. The maximum atomic E-state index is 11.6. The van der Waals surface area contributed by atoms with Crippen molar-refractivity contribution in [2.24, 2.45) is 10.1 Å². The second-order valence-corrected chi connectivity index (χ2v) is 8.55. The molecule has 0 radical (unpaired) electrons. The molecule has 2 rings (SSSR count). The molecule has 0 aromatic heterocycles. The van der Waals surface area contributed by atoms with Crippen molar-refractivity contribution in [3.05, 3.63) is 22.6 Å². The molecule has 0 amide bonds. The first-order valence-corrected chi connectivity index (χ1v) is 10.0. The number of nitriles is 1. The lowest BCUT2D eigenvalue weighted by atomic mass is 9.97. The van der Waals surface area contributed by atoms with E-state index in [2.05, 4.69) is 15.0 Å². The fourth-order valence-electron chi connectivity index (χ4n) is 3.01. The summed E-state index contributed by atoms with van der Waals surface area (Å²) in [4.78, 5) is 29.8. The Morgan fingerprint density at radius 2 is 2.17 bits per heavy atom. The number of hydrogen-bond donors (Lipinski definition) is 0. The predicted molar refractivity (Wildman–Crippen MR) is 108 cm³/mol. The summed E-state index contributed by atoms with van der Waals surface area (Å²) in [5, 5.41) is 13.1. The van der Waals surface area contributed by atoms with Gasteiger partial charge in [-0.25, -0.2) is 0 Å². The highest BCUT2D eigenvalue weighted by Crippen LogP contribution is 2.45. The second-order valence-electron chi connectivity index (χ2n) is 6.32. The molecule has 1 saturated heterocycles. The minimum absolute atomic E-state index is 0.261. The van der Waals surface area contributed by atoms with E-state index in [-0.39, 0.29) is 6.61 Å². The number of thioether (sulfide) groups is 1. The highest BCUT2D eigenvalue weighted by atomic mass is 35.5. The number of allylic oxidation sites excluding steroid dienone is 1. The van der Waals surface area contributed by atoms with Crippen molar-refractivity contribution < 1.29 is 28.5 Å². The Morgan fingerprint density at radius 1 is 1.43 bits per heavy atom. The zero-order valence-corrected chi connectivity index (χ0v) is 17.9. The van der Waals surface area contributed by atoms with E-state index < -0.39 is 52.0 Å². The van der Waals surface area contributed by atoms with E-state index in [0.29, 0.717) is 0 Å². The van der Waals surface area contributed by atoms with E-state index in [1.807, 2.05) is 6.07 Å². The Hall–Kier alpha value is -2.29. The first-order chi connectivity index (χ1) is 14.3. The molecule has 162 valence electrons. The Morgan fingerprint density at radius 3 is 2.73 bits per heavy atom. The summed E-state index contributed by atoms with van der Waals surface area (Å²) in [7, 11) is 1.37. The quantitative estimate of drug-likeness (QED) is 0.185. The van der Waals surface area contributed by atoms with E-state index in [0.717, 1.165) is 11.8 Å². The molecule has 2 unspecified atom stereocenters. The Bertz CT molecular complexity index is 813. The Labute approximate surface area is 182 Å². The summed E-state index contributed by atoms with van der Waals surface area (Å²) < 4.78 is 20.6. The zero-order valence-electron chi connectivity index (χ0n) is 16.4. The number of hydrogen-bond acceptors (Lipinski definition) is 10. The van der Waals surface area contributed by atoms with Crippen molar-refractivity contribution in [2.45, 2.75) is 53.9 Å². The van der Waals surface area contributed by atoms with Crippen LogP contribution in [0.3, 0.4) is 0 Å². The molecule has 30 heavy (non-hydrogen) atoms. The van der Waals surface area contributed by atoms with Gasteiger partial charge in [0.05, 0.1) is 6.07 Å². The van der Waals surface area contributed by atoms with Crippen molar-refractivity contribution in [3.8, 4) is 6.07 Å². The Kier molecular flexibility index (Phi) is 8.52. The maximum absolute atomic E-state index is 11.6. The molecule has 13 heteroatoms. The molecule has 11 nitrogen and oxygen atoms in total. The first kappa shape index (κ1) is 24.0. The number of aliphatic imine (C=N–C) groups is 1. The van der Waals surface area contributed by atoms with E-state index in [9.17, 15) is 14.9 Å². The fraction of sp³-hybridized carbons (Fsp3) is 0.647. The molecule has 0 bridgehead atoms. The maximum Gasteiger partial charge on any atom is 0.303 e. The van der Waals surface area contributed by atoms with Crippen molar-refractivity contribution in [1.29, 1.82) is 5.26 Å². The highest BCUT2D eigenvalue weighted by molar-refractivity contribution is 8.02. The fourth-order valence-corrected chi connectivity index (χ4v) is 4.81. The number of nitrogens with zero attached hydrogens (tertiary/aromatic N) is 5. The van der Waals surface area contributed by atoms with Crippen molar-refractivity contribution >= 4 is 41.5 Å². The molecule has 0 aromatic rings. The number of azide groups is 1. The lowest BCUT2D eigenvalue weighted by molar-refractivity contribution is -0.196. The molecule has 0 spiro atoms. The van der Waals surface area contributed by atoms with Gasteiger partial charge in [-0.15, -0.1) is 0 Å². The lowest BCUT2D eigenvalue weighted by Gasteiger charge is -2.45. The van der Waals surface area contributed by atoms with Gasteiger partial charge >= 0.3 is 11.9 Å². The monoisotopic (exact) mass is 457 g/mol. The highest BCUT2D eigenvalue weighted by Gasteiger charge is 2.52. The Balaban J connectivity index is 2.39. The van der Waals surface area contributed by atoms with Crippen molar-refractivity contribution in [1.82, 2.24) is 0 Å². The first-order valence-electron chi connectivity index (χ1n) is 8.76. The predicted octanol–water partition coefficient (Wildman–Crippen LogP) is 2.10. The van der Waals surface area contributed by atoms with Gasteiger partial charge in [-0.2, -0.15) is 5.26 Å². The average Bonchev–Trinajstić information content (AvgIpc) is 2.68. The summed E-state index contributed by atoms with van der Waals surface area (Å²) in [6.45, 7) is 2.15. The van der Waals surface area contributed by atoms with Crippen LogP contribution in [0.15, 0.2) is 22.3 Å². The molecule has 2 aliphatic heterocycles. The minimum atomic E-state index is -1.29. The number of esters is 2. The summed E-state index contributed by atoms with van der Waals surface area (Å²) in [5.41, 5.74) is 8.19. The summed E-state index contributed by atoms with van der Waals surface area (Å²) >= 11 is 7.68. The number of rotatable bonds is 7. The molecule has 2 heterocycles. The van der Waals surface area contributed by atoms with Crippen LogP contribution in [0.25, 0.3) is 10.4 Å². The SMILES string of the molecule is CO[C@@H]1[C@@H](N=[N+]=[N-])[C@@H](OC(C)=O)[C@@H](COC(C)=O)O[C@@H]1SC1(Cl)C=CC=NC1C#N. The van der Waals surface area contributed by atoms with Gasteiger partial charge in [-0.05, 0) is 17.7 Å². The summed E-state index contributed by atoms with van der Waals surface area (Å²) in [6.07, 6.45) is 1.73. The largest absolute Gasteiger partial charge is 0.463 e. The third-order valence-corrected chi connectivity index (χ3v) is 6.20. The van der Waals surface area contributed by atoms with Gasteiger partial charge in [0, 0.05) is 32.1 Å². The second kappa shape index (κ2) is 10.7. The van der Waals surface area contributed by atoms with Crippen LogP contribution in [0, 0.1) is 11.3 Å². The number of methoxy groups -OCH3 is 1. The molecule has 2 aliphatic rings. The number of halogens is 1. The van der Waals surface area contributed by atoms with Gasteiger partial charge in [0.1, 0.15) is 40.6 Å². The van der Waals surface area contributed by atoms with Crippen LogP contribution < -0.4 is 0 Å². The average molecular weight is 458 g/mol. The third kappa shape index (κ3) is 5.65. The zero-order chi connectivity index (χ0) is 22.3. The van der Waals surface area contributed by atoms with Crippen molar-refractivity contribution in [2.75, 3.05) is 13.7 Å². The molecule has 0 aromatic carbocycles. The van der Waals surface area contributed by atoms with Crippen LogP contribution in [0.5, 0.6) is 0 Å². The molecule has 1 fully saturated rings. The molecular weight excluding hydrogens is 438 g/mol. The van der Waals surface area contributed by atoms with Gasteiger partial charge in [0.2, 0.25) is 0 Å². The van der Waals surface area contributed by atoms with Crippen LogP contribution in [0.1, 0.15) is 13.8 Å². The molecular formula is C17H20ClN5O6S. The molecule has 0 N–H and O–H groups in total. The summed E-state index contributed by atoms with van der Waals surface area (Å²) in [5.74, 6) is -1.21. The smallest absolute Gasteiger partial charge is 0.303 e. The van der Waals surface area contributed by atoms with E-state index >= 15 is 0 Å². The van der Waals surface area contributed by atoms with Gasteiger partial charge in [-0.3, -0.25) is 14.6 Å². The molecule has 0 aliphatic carbocycles. The van der Waals surface area contributed by atoms with E-state index in [1.54, 1.807) is 12.2 Å². The molecule has 0 saturated carbocycles. The number of carbonyl (C=O) groups is 2. The van der Waals surface area contributed by atoms with E-state index in [1.165, 1.54) is 27.2 Å². The number of ether oxygens (including phenoxy) is 4. The van der Waals surface area contributed by atoms with Crippen LogP contribution >= 0.6 is 23.4 Å². The molecule has 7 atom stereocenters. The van der Waals surface area contributed by atoms with E-state index in [4.69, 9.17) is 36.1 Å². The van der Waals surface area contributed by atoms with Crippen LogP contribution in [-0.2, 0) is 28.5 Å².